The molecule has 0 amide bonds. The maximum absolute atomic E-state index is 5.16. The van der Waals surface area contributed by atoms with Crippen LogP contribution in [0.1, 0.15) is 0 Å². The van der Waals surface area contributed by atoms with E-state index in [0.717, 1.165) is 16.7 Å². The Morgan fingerprint density at radius 2 is 1.67 bits per heavy atom. The minimum absolute atomic E-state index is 0.873. The third kappa shape index (κ3) is 1.93. The average Bonchev–Trinajstić information content (AvgIpc) is 2.47. The van der Waals surface area contributed by atoms with E-state index in [9.17, 15) is 0 Å². The first-order chi connectivity index (χ1) is 8.86. The van der Waals surface area contributed by atoms with Crippen LogP contribution in [0.4, 0.5) is 0 Å². The third-order valence-corrected chi connectivity index (χ3v) is 3.03. The van der Waals surface area contributed by atoms with Gasteiger partial charge in [-0.3, -0.25) is 4.98 Å². The van der Waals surface area contributed by atoms with Crippen LogP contribution in [0.3, 0.4) is 0 Å². The van der Waals surface area contributed by atoms with Crippen molar-refractivity contribution < 1.29 is 4.74 Å². The maximum Gasteiger partial charge on any atom is 0.118 e. The predicted molar refractivity (Wildman–Crippen MR) is 73.7 cm³/mol. The summed E-state index contributed by atoms with van der Waals surface area (Å²) in [5.41, 5.74) is 3.36. The van der Waals surface area contributed by atoms with E-state index < -0.39 is 0 Å². The fraction of sp³-hybridized carbons (Fsp3) is 0.0625. The van der Waals surface area contributed by atoms with Crippen LogP contribution < -0.4 is 4.74 Å². The second-order valence-electron chi connectivity index (χ2n) is 4.14. The van der Waals surface area contributed by atoms with E-state index in [1.54, 1.807) is 7.11 Å². The molecule has 2 nitrogen and oxygen atoms in total. The molecule has 88 valence electrons. The second kappa shape index (κ2) is 4.49. The number of hydrogen-bond donors (Lipinski definition) is 0. The Hall–Kier alpha value is -2.35. The molecule has 0 aliphatic rings. The van der Waals surface area contributed by atoms with Gasteiger partial charge in [0.2, 0.25) is 0 Å². The number of methoxy groups -OCH3 is 1. The Labute approximate surface area is 106 Å². The molecule has 0 unspecified atom stereocenters. The summed E-state index contributed by atoms with van der Waals surface area (Å²) in [5, 5.41) is 1.16. The highest BCUT2D eigenvalue weighted by atomic mass is 16.5. The van der Waals surface area contributed by atoms with Crippen LogP contribution >= 0.6 is 0 Å². The van der Waals surface area contributed by atoms with E-state index in [0.29, 0.717) is 0 Å². The number of nitrogens with zero attached hydrogens (tertiary/aromatic N) is 1. The topological polar surface area (TPSA) is 22.1 Å². The predicted octanol–water partition coefficient (Wildman–Crippen LogP) is 3.91. The Morgan fingerprint density at radius 3 is 2.44 bits per heavy atom. The quantitative estimate of drug-likeness (QED) is 0.671. The summed E-state index contributed by atoms with van der Waals surface area (Å²) in [6.07, 6.45) is 1.82. The molecule has 2 aromatic carbocycles. The van der Waals surface area contributed by atoms with Gasteiger partial charge in [0, 0.05) is 11.6 Å². The monoisotopic (exact) mass is 235 g/mol. The van der Waals surface area contributed by atoms with E-state index in [-0.39, 0.29) is 0 Å². The molecule has 0 atom stereocenters. The van der Waals surface area contributed by atoms with Crippen molar-refractivity contribution in [2.24, 2.45) is 0 Å². The first kappa shape index (κ1) is 10.8. The molecule has 0 spiro atoms. The Bertz CT molecular complexity index is 674. The minimum Gasteiger partial charge on any atom is -0.497 e. The molecular formula is C16H13NO. The molecule has 0 radical (unpaired) electrons. The molecule has 3 aromatic rings. The highest BCUT2D eigenvalue weighted by Crippen LogP contribution is 2.25. The van der Waals surface area contributed by atoms with Crippen molar-refractivity contribution in [3.05, 3.63) is 60.8 Å². The third-order valence-electron chi connectivity index (χ3n) is 3.03. The second-order valence-corrected chi connectivity index (χ2v) is 4.14. The average molecular weight is 235 g/mol. The zero-order valence-corrected chi connectivity index (χ0v) is 10.1. The minimum atomic E-state index is 0.873. The lowest BCUT2D eigenvalue weighted by Gasteiger charge is -2.05. The van der Waals surface area contributed by atoms with E-state index in [1.807, 2.05) is 24.4 Å². The summed E-state index contributed by atoms with van der Waals surface area (Å²) in [7, 11) is 1.68. The van der Waals surface area contributed by atoms with Gasteiger partial charge >= 0.3 is 0 Å². The number of aromatic nitrogens is 1. The normalized spacial score (nSPS) is 10.5. The van der Waals surface area contributed by atoms with Gasteiger partial charge < -0.3 is 4.74 Å². The van der Waals surface area contributed by atoms with Crippen LogP contribution in [0.15, 0.2) is 60.8 Å². The van der Waals surface area contributed by atoms with Crippen LogP contribution in [0.2, 0.25) is 0 Å². The van der Waals surface area contributed by atoms with E-state index in [1.165, 1.54) is 11.1 Å². The van der Waals surface area contributed by atoms with Crippen molar-refractivity contribution in [2.45, 2.75) is 0 Å². The molecule has 0 bridgehead atoms. The van der Waals surface area contributed by atoms with Crippen LogP contribution in [-0.2, 0) is 0 Å². The lowest BCUT2D eigenvalue weighted by Crippen LogP contribution is -1.84. The van der Waals surface area contributed by atoms with Gasteiger partial charge in [-0.15, -0.1) is 0 Å². The van der Waals surface area contributed by atoms with Gasteiger partial charge in [-0.2, -0.15) is 0 Å². The lowest BCUT2D eigenvalue weighted by atomic mass is 10.0. The van der Waals surface area contributed by atoms with Crippen LogP contribution in [0, 0.1) is 0 Å². The van der Waals surface area contributed by atoms with Gasteiger partial charge in [0.25, 0.3) is 0 Å². The number of benzene rings is 2. The molecule has 18 heavy (non-hydrogen) atoms. The zero-order chi connectivity index (χ0) is 12.4. The molecule has 0 N–H and O–H groups in total. The molecule has 0 aliphatic carbocycles. The Balaban J connectivity index is 2.07. The number of hydrogen-bond acceptors (Lipinski definition) is 2. The fourth-order valence-electron chi connectivity index (χ4n) is 2.03. The van der Waals surface area contributed by atoms with Crippen molar-refractivity contribution >= 4 is 10.9 Å². The largest absolute Gasteiger partial charge is 0.497 e. The summed E-state index contributed by atoms with van der Waals surface area (Å²) in [6, 6.07) is 18.4. The molecule has 0 aliphatic heterocycles. The molecule has 1 aromatic heterocycles. The highest BCUT2D eigenvalue weighted by Gasteiger charge is 2.00. The van der Waals surface area contributed by atoms with Gasteiger partial charge in [-0.1, -0.05) is 30.3 Å². The Kier molecular flexibility index (Phi) is 2.69. The standard InChI is InChI=1S/C16H13NO/c1-18-15-8-6-12(7-9-15)14-5-4-13-3-2-10-17-16(13)11-14/h2-11H,1H3. The SMILES string of the molecule is COc1ccc(-c2ccc3cccnc3c2)cc1. The fourth-order valence-corrected chi connectivity index (χ4v) is 2.03. The van der Waals surface area contributed by atoms with Crippen molar-refractivity contribution in [3.8, 4) is 16.9 Å². The first-order valence-electron chi connectivity index (χ1n) is 5.86. The number of fused-ring (bicyclic) bond motifs is 1. The van der Waals surface area contributed by atoms with Gasteiger partial charge in [0.1, 0.15) is 5.75 Å². The molecule has 0 saturated carbocycles. The van der Waals surface area contributed by atoms with Gasteiger partial charge in [0.15, 0.2) is 0 Å². The number of ether oxygens (including phenoxy) is 1. The first-order valence-corrected chi connectivity index (χ1v) is 5.86. The number of pyridine rings is 1. The van der Waals surface area contributed by atoms with Gasteiger partial charge in [0.05, 0.1) is 12.6 Å². The van der Waals surface area contributed by atoms with E-state index in [2.05, 4.69) is 41.4 Å². The van der Waals surface area contributed by atoms with Crippen LogP contribution in [-0.4, -0.2) is 12.1 Å². The molecule has 1 heterocycles. The van der Waals surface area contributed by atoms with Crippen LogP contribution in [0.5, 0.6) is 5.75 Å². The summed E-state index contributed by atoms with van der Waals surface area (Å²) in [6.45, 7) is 0. The summed E-state index contributed by atoms with van der Waals surface area (Å²) in [5.74, 6) is 0.873. The van der Waals surface area contributed by atoms with Crippen molar-refractivity contribution in [1.82, 2.24) is 4.98 Å². The highest BCUT2D eigenvalue weighted by molar-refractivity contribution is 5.84. The van der Waals surface area contributed by atoms with Crippen molar-refractivity contribution in [3.63, 3.8) is 0 Å². The summed E-state index contributed by atoms with van der Waals surface area (Å²) < 4.78 is 5.16. The zero-order valence-electron chi connectivity index (χ0n) is 10.1. The van der Waals surface area contributed by atoms with Crippen LogP contribution in [0.25, 0.3) is 22.0 Å². The summed E-state index contributed by atoms with van der Waals surface area (Å²) >= 11 is 0. The van der Waals surface area contributed by atoms with Crippen molar-refractivity contribution in [1.29, 1.82) is 0 Å². The van der Waals surface area contributed by atoms with Gasteiger partial charge in [-0.25, -0.2) is 0 Å². The van der Waals surface area contributed by atoms with E-state index >= 15 is 0 Å². The smallest absolute Gasteiger partial charge is 0.118 e. The number of rotatable bonds is 2. The summed E-state index contributed by atoms with van der Waals surface area (Å²) in [4.78, 5) is 4.38. The van der Waals surface area contributed by atoms with E-state index in [4.69, 9.17) is 4.74 Å². The van der Waals surface area contributed by atoms with Crippen molar-refractivity contribution in [2.75, 3.05) is 7.11 Å². The molecular weight excluding hydrogens is 222 g/mol. The van der Waals surface area contributed by atoms with Gasteiger partial charge in [-0.05, 0) is 35.4 Å². The molecule has 3 rings (SSSR count). The lowest BCUT2D eigenvalue weighted by molar-refractivity contribution is 0.415. The molecule has 0 saturated heterocycles. The molecule has 0 fully saturated rings. The maximum atomic E-state index is 5.16. The molecule has 2 heteroatoms. The Morgan fingerprint density at radius 1 is 0.889 bits per heavy atom.